The average Bonchev–Trinajstić information content (AvgIpc) is 2.18. The van der Waals surface area contributed by atoms with E-state index in [0.717, 1.165) is 0 Å². The molecule has 1 aromatic carbocycles. The highest BCUT2D eigenvalue weighted by atomic mass is 19.4. The van der Waals surface area contributed by atoms with Crippen LogP contribution >= 0.6 is 0 Å². The normalized spacial score (nSPS) is 18.3. The van der Waals surface area contributed by atoms with Gasteiger partial charge in [0, 0.05) is 0 Å². The maximum atomic E-state index is 13.1. The van der Waals surface area contributed by atoms with Gasteiger partial charge in [-0.25, -0.2) is 0 Å². The minimum Gasteiger partial charge on any atom is -0.494 e. The molecule has 0 aromatic heterocycles. The molecule has 0 unspecified atom stereocenters. The first kappa shape index (κ1) is 13.2. The molecule has 0 bridgehead atoms. The molecule has 2 rings (SSSR count). The Morgan fingerprint density at radius 2 is 2.00 bits per heavy atom. The second-order valence-corrected chi connectivity index (χ2v) is 4.49. The number of hydrogen-bond donors (Lipinski definition) is 0. The van der Waals surface area contributed by atoms with Crippen LogP contribution in [-0.4, -0.2) is 26.0 Å². The first-order valence-electron chi connectivity index (χ1n) is 5.79. The van der Waals surface area contributed by atoms with Gasteiger partial charge in [-0.2, -0.15) is 13.2 Å². The maximum absolute atomic E-state index is 13.1. The summed E-state index contributed by atoms with van der Waals surface area (Å²) in [4.78, 5) is 0. The van der Waals surface area contributed by atoms with Crippen LogP contribution in [0.15, 0.2) is 18.2 Å². The molecule has 2 nitrogen and oxygen atoms in total. The summed E-state index contributed by atoms with van der Waals surface area (Å²) in [5.74, 6) is 0.624. The summed E-state index contributed by atoms with van der Waals surface area (Å²) in [6.45, 7) is 3.48. The van der Waals surface area contributed by atoms with Crippen LogP contribution < -0.4 is 4.74 Å². The third-order valence-corrected chi connectivity index (χ3v) is 3.27. The predicted octanol–water partition coefficient (Wildman–Crippen LogP) is 3.22. The van der Waals surface area contributed by atoms with Gasteiger partial charge in [-0.3, -0.25) is 0 Å². The van der Waals surface area contributed by atoms with Gasteiger partial charge < -0.3 is 9.47 Å². The summed E-state index contributed by atoms with van der Waals surface area (Å²) in [5, 5.41) is 0. The number of aryl methyl sites for hydroxylation is 1. The molecular weight excluding hydrogens is 245 g/mol. The van der Waals surface area contributed by atoms with Crippen molar-refractivity contribution in [2.24, 2.45) is 0 Å². The monoisotopic (exact) mass is 260 g/mol. The van der Waals surface area contributed by atoms with Crippen LogP contribution in [0.25, 0.3) is 0 Å². The highest BCUT2D eigenvalue weighted by Gasteiger charge is 2.61. The molecule has 1 saturated heterocycles. The summed E-state index contributed by atoms with van der Waals surface area (Å²) in [6.07, 6.45) is -4.29. The minimum atomic E-state index is -4.29. The molecule has 0 N–H and O–H groups in total. The molecule has 18 heavy (non-hydrogen) atoms. The van der Waals surface area contributed by atoms with E-state index in [0.29, 0.717) is 17.9 Å². The number of ether oxygens (including phenoxy) is 2. The predicted molar refractivity (Wildman–Crippen MR) is 60.9 cm³/mol. The third kappa shape index (κ3) is 1.96. The van der Waals surface area contributed by atoms with Crippen LogP contribution in [0.4, 0.5) is 13.2 Å². The van der Waals surface area contributed by atoms with E-state index >= 15 is 0 Å². The number of alkyl halides is 3. The molecule has 0 radical (unpaired) electrons. The molecule has 0 saturated carbocycles. The van der Waals surface area contributed by atoms with Crippen molar-refractivity contribution in [1.29, 1.82) is 0 Å². The SMILES string of the molecule is CCOc1ccc(C2(C(F)(F)F)COC2)cc1C. The van der Waals surface area contributed by atoms with Gasteiger partial charge in [0.2, 0.25) is 0 Å². The quantitative estimate of drug-likeness (QED) is 0.830. The van der Waals surface area contributed by atoms with Gasteiger partial charge in [0.05, 0.1) is 19.8 Å². The van der Waals surface area contributed by atoms with Gasteiger partial charge in [0.25, 0.3) is 0 Å². The minimum absolute atomic E-state index is 0.252. The summed E-state index contributed by atoms with van der Waals surface area (Å²) in [5.41, 5.74) is -0.880. The van der Waals surface area contributed by atoms with Crippen LogP contribution in [0.1, 0.15) is 18.1 Å². The topological polar surface area (TPSA) is 18.5 Å². The van der Waals surface area contributed by atoms with Crippen molar-refractivity contribution in [1.82, 2.24) is 0 Å². The van der Waals surface area contributed by atoms with Gasteiger partial charge in [0.15, 0.2) is 0 Å². The largest absolute Gasteiger partial charge is 0.494 e. The van der Waals surface area contributed by atoms with Crippen LogP contribution in [-0.2, 0) is 10.2 Å². The Morgan fingerprint density at radius 1 is 1.33 bits per heavy atom. The van der Waals surface area contributed by atoms with Crippen molar-refractivity contribution in [2.45, 2.75) is 25.4 Å². The molecular formula is C13H15F3O2. The highest BCUT2D eigenvalue weighted by Crippen LogP contribution is 2.47. The van der Waals surface area contributed by atoms with Crippen LogP contribution in [0.5, 0.6) is 5.75 Å². The average molecular weight is 260 g/mol. The smallest absolute Gasteiger partial charge is 0.402 e. The Labute approximate surface area is 104 Å². The van der Waals surface area contributed by atoms with E-state index in [1.165, 1.54) is 6.07 Å². The van der Waals surface area contributed by atoms with Crippen molar-refractivity contribution in [2.75, 3.05) is 19.8 Å². The molecule has 0 spiro atoms. The fourth-order valence-electron chi connectivity index (χ4n) is 2.06. The Hall–Kier alpha value is -1.23. The van der Waals surface area contributed by atoms with Crippen molar-refractivity contribution in [3.63, 3.8) is 0 Å². The van der Waals surface area contributed by atoms with Crippen molar-refractivity contribution in [3.8, 4) is 5.75 Å². The lowest BCUT2D eigenvalue weighted by Crippen LogP contribution is -2.57. The van der Waals surface area contributed by atoms with E-state index in [1.54, 1.807) is 19.1 Å². The van der Waals surface area contributed by atoms with E-state index in [1.807, 2.05) is 6.92 Å². The van der Waals surface area contributed by atoms with E-state index in [9.17, 15) is 13.2 Å². The highest BCUT2D eigenvalue weighted by molar-refractivity contribution is 5.41. The van der Waals surface area contributed by atoms with Crippen LogP contribution in [0, 0.1) is 6.92 Å². The van der Waals surface area contributed by atoms with Gasteiger partial charge in [0.1, 0.15) is 11.2 Å². The van der Waals surface area contributed by atoms with E-state index < -0.39 is 11.6 Å². The van der Waals surface area contributed by atoms with E-state index in [2.05, 4.69) is 0 Å². The second kappa shape index (κ2) is 4.46. The molecule has 1 aromatic rings. The van der Waals surface area contributed by atoms with Gasteiger partial charge in [-0.05, 0) is 31.0 Å². The van der Waals surface area contributed by atoms with Crippen molar-refractivity contribution >= 4 is 0 Å². The third-order valence-electron chi connectivity index (χ3n) is 3.27. The molecule has 1 aliphatic rings. The summed E-state index contributed by atoms with van der Waals surface area (Å²) < 4.78 is 49.4. The van der Waals surface area contributed by atoms with Gasteiger partial charge in [-0.15, -0.1) is 0 Å². The molecule has 0 atom stereocenters. The lowest BCUT2D eigenvalue weighted by molar-refractivity contribution is -0.262. The summed E-state index contributed by atoms with van der Waals surface area (Å²) in [6, 6.07) is 4.62. The Morgan fingerprint density at radius 3 is 2.39 bits per heavy atom. The lowest BCUT2D eigenvalue weighted by Gasteiger charge is -2.43. The van der Waals surface area contributed by atoms with Crippen molar-refractivity contribution < 1.29 is 22.6 Å². The first-order chi connectivity index (χ1) is 8.40. The molecule has 1 aliphatic heterocycles. The fraction of sp³-hybridized carbons (Fsp3) is 0.538. The van der Waals surface area contributed by atoms with E-state index in [-0.39, 0.29) is 18.8 Å². The zero-order valence-electron chi connectivity index (χ0n) is 10.3. The molecule has 1 heterocycles. The molecule has 0 amide bonds. The van der Waals surface area contributed by atoms with Gasteiger partial charge in [-0.1, -0.05) is 12.1 Å². The number of hydrogen-bond acceptors (Lipinski definition) is 2. The van der Waals surface area contributed by atoms with Crippen LogP contribution in [0.3, 0.4) is 0 Å². The maximum Gasteiger partial charge on any atom is 0.402 e. The molecule has 0 aliphatic carbocycles. The molecule has 1 fully saturated rings. The second-order valence-electron chi connectivity index (χ2n) is 4.49. The standard InChI is InChI=1S/C13H15F3O2/c1-3-18-11-5-4-10(6-9(11)2)12(7-17-8-12)13(14,15)16/h4-6H,3,7-8H2,1-2H3. The fourth-order valence-corrected chi connectivity index (χ4v) is 2.06. The Kier molecular flexibility index (Phi) is 3.27. The zero-order chi connectivity index (χ0) is 13.4. The Balaban J connectivity index is 2.36. The molecule has 100 valence electrons. The Bertz CT molecular complexity index is 436. The summed E-state index contributed by atoms with van der Waals surface area (Å²) in [7, 11) is 0. The zero-order valence-corrected chi connectivity index (χ0v) is 10.3. The number of rotatable bonds is 3. The number of benzene rings is 1. The summed E-state index contributed by atoms with van der Waals surface area (Å²) >= 11 is 0. The first-order valence-corrected chi connectivity index (χ1v) is 5.79. The van der Waals surface area contributed by atoms with Crippen LogP contribution in [0.2, 0.25) is 0 Å². The molecule has 5 heteroatoms. The lowest BCUT2D eigenvalue weighted by atomic mass is 9.77. The van der Waals surface area contributed by atoms with E-state index in [4.69, 9.17) is 9.47 Å². The number of halogens is 3. The van der Waals surface area contributed by atoms with Crippen molar-refractivity contribution in [3.05, 3.63) is 29.3 Å². The van der Waals surface area contributed by atoms with Gasteiger partial charge >= 0.3 is 6.18 Å².